The maximum absolute atomic E-state index is 12.1. The molecule has 0 radical (unpaired) electrons. The fourth-order valence-electron chi connectivity index (χ4n) is 2.66. The molecule has 0 saturated heterocycles. The number of hydrogen-bond acceptors (Lipinski definition) is 2. The number of benzene rings is 2. The Morgan fingerprint density at radius 3 is 2.70 bits per heavy atom. The molecule has 1 heterocycles. The minimum atomic E-state index is -0.0181. The van der Waals surface area contributed by atoms with E-state index in [1.165, 1.54) is 11.1 Å². The van der Waals surface area contributed by atoms with Crippen molar-refractivity contribution >= 4 is 5.91 Å². The smallest absolute Gasteiger partial charge is 0.251 e. The van der Waals surface area contributed by atoms with Crippen molar-refractivity contribution in [1.82, 2.24) is 10.6 Å². The molecular weight excluding hydrogens is 248 g/mol. The van der Waals surface area contributed by atoms with Crippen molar-refractivity contribution in [3.05, 3.63) is 71.3 Å². The van der Waals surface area contributed by atoms with Gasteiger partial charge in [0.1, 0.15) is 0 Å². The predicted molar refractivity (Wildman–Crippen MR) is 79.7 cm³/mol. The minimum absolute atomic E-state index is 0.0181. The fraction of sp³-hybridized carbons (Fsp3) is 0.235. The van der Waals surface area contributed by atoms with Crippen molar-refractivity contribution in [2.45, 2.75) is 12.5 Å². The van der Waals surface area contributed by atoms with Crippen molar-refractivity contribution in [1.29, 1.82) is 0 Å². The highest BCUT2D eigenvalue weighted by molar-refractivity contribution is 5.94. The molecule has 0 fully saturated rings. The third-order valence-corrected chi connectivity index (χ3v) is 3.72. The summed E-state index contributed by atoms with van der Waals surface area (Å²) in [6.07, 6.45) is 1.05. The molecule has 20 heavy (non-hydrogen) atoms. The molecule has 0 aromatic heterocycles. The molecule has 1 aliphatic heterocycles. The van der Waals surface area contributed by atoms with E-state index in [0.717, 1.165) is 13.0 Å². The topological polar surface area (TPSA) is 41.1 Å². The fourth-order valence-corrected chi connectivity index (χ4v) is 2.66. The van der Waals surface area contributed by atoms with Crippen LogP contribution < -0.4 is 10.6 Å². The molecule has 0 bridgehead atoms. The van der Waals surface area contributed by atoms with Gasteiger partial charge in [0.05, 0.1) is 0 Å². The van der Waals surface area contributed by atoms with E-state index in [4.69, 9.17) is 0 Å². The maximum atomic E-state index is 12.1. The molecule has 2 N–H and O–H groups in total. The third kappa shape index (κ3) is 2.73. The summed E-state index contributed by atoms with van der Waals surface area (Å²) in [5, 5.41) is 6.48. The number of fused-ring (bicyclic) bond motifs is 1. The predicted octanol–water partition coefficient (Wildman–Crippen LogP) is 2.30. The first kappa shape index (κ1) is 12.9. The van der Waals surface area contributed by atoms with Crippen molar-refractivity contribution in [3.8, 4) is 0 Å². The summed E-state index contributed by atoms with van der Waals surface area (Å²) in [5.41, 5.74) is 3.38. The van der Waals surface area contributed by atoms with Crippen LogP contribution in [-0.4, -0.2) is 19.0 Å². The van der Waals surface area contributed by atoms with Crippen LogP contribution in [0, 0.1) is 0 Å². The standard InChI is InChI=1S/C17H18N2O/c20-17(14-7-2-1-3-8-14)19-12-16-15-9-5-4-6-13(15)10-11-18-16/h1-9,16,18H,10-12H2,(H,19,20)/t16-/m1/s1. The zero-order valence-electron chi connectivity index (χ0n) is 11.3. The Balaban J connectivity index is 1.67. The lowest BCUT2D eigenvalue weighted by Crippen LogP contribution is -2.38. The Morgan fingerprint density at radius 2 is 1.85 bits per heavy atom. The van der Waals surface area contributed by atoms with Gasteiger partial charge in [0.15, 0.2) is 0 Å². The minimum Gasteiger partial charge on any atom is -0.350 e. The summed E-state index contributed by atoms with van der Waals surface area (Å²) in [7, 11) is 0. The first-order chi connectivity index (χ1) is 9.84. The van der Waals surface area contributed by atoms with Gasteiger partial charge in [-0.2, -0.15) is 0 Å². The van der Waals surface area contributed by atoms with Gasteiger partial charge in [0, 0.05) is 18.2 Å². The van der Waals surface area contributed by atoms with Crippen molar-refractivity contribution in [2.24, 2.45) is 0 Å². The lowest BCUT2D eigenvalue weighted by Gasteiger charge is -2.27. The largest absolute Gasteiger partial charge is 0.350 e. The van der Waals surface area contributed by atoms with E-state index in [1.54, 1.807) is 0 Å². The highest BCUT2D eigenvalue weighted by atomic mass is 16.1. The van der Waals surface area contributed by atoms with Crippen molar-refractivity contribution in [2.75, 3.05) is 13.1 Å². The second kappa shape index (κ2) is 5.88. The van der Waals surface area contributed by atoms with Crippen LogP contribution in [0.2, 0.25) is 0 Å². The number of hydrogen-bond donors (Lipinski definition) is 2. The zero-order chi connectivity index (χ0) is 13.8. The van der Waals surface area contributed by atoms with Crippen LogP contribution in [0.1, 0.15) is 27.5 Å². The molecule has 0 spiro atoms. The number of amides is 1. The van der Waals surface area contributed by atoms with Gasteiger partial charge in [-0.3, -0.25) is 4.79 Å². The molecular formula is C17H18N2O. The SMILES string of the molecule is O=C(NC[C@H]1NCCc2ccccc21)c1ccccc1. The molecule has 2 aromatic rings. The van der Waals surface area contributed by atoms with E-state index in [0.29, 0.717) is 12.1 Å². The first-order valence-electron chi connectivity index (χ1n) is 6.99. The Hall–Kier alpha value is -2.13. The Bertz CT molecular complexity index is 595. The number of nitrogens with one attached hydrogen (secondary N) is 2. The molecule has 2 aromatic carbocycles. The monoisotopic (exact) mass is 266 g/mol. The number of carbonyl (C=O) groups excluding carboxylic acids is 1. The highest BCUT2D eigenvalue weighted by Crippen LogP contribution is 2.21. The van der Waals surface area contributed by atoms with Gasteiger partial charge in [0.2, 0.25) is 0 Å². The Kier molecular flexibility index (Phi) is 3.79. The Morgan fingerprint density at radius 1 is 1.10 bits per heavy atom. The van der Waals surface area contributed by atoms with Gasteiger partial charge in [-0.05, 0) is 36.2 Å². The van der Waals surface area contributed by atoms with Crippen LogP contribution in [0.5, 0.6) is 0 Å². The van der Waals surface area contributed by atoms with Crippen LogP contribution in [-0.2, 0) is 6.42 Å². The molecule has 3 heteroatoms. The molecule has 0 unspecified atom stereocenters. The van der Waals surface area contributed by atoms with E-state index < -0.39 is 0 Å². The lowest BCUT2D eigenvalue weighted by atomic mass is 9.94. The van der Waals surface area contributed by atoms with E-state index >= 15 is 0 Å². The van der Waals surface area contributed by atoms with Crippen molar-refractivity contribution in [3.63, 3.8) is 0 Å². The van der Waals surface area contributed by atoms with E-state index in [2.05, 4.69) is 34.9 Å². The molecule has 3 nitrogen and oxygen atoms in total. The van der Waals surface area contributed by atoms with Gasteiger partial charge in [0.25, 0.3) is 5.91 Å². The van der Waals surface area contributed by atoms with Crippen molar-refractivity contribution < 1.29 is 4.79 Å². The van der Waals surface area contributed by atoms with E-state index in [1.807, 2.05) is 30.3 Å². The first-order valence-corrected chi connectivity index (χ1v) is 6.99. The van der Waals surface area contributed by atoms with E-state index in [9.17, 15) is 4.79 Å². The second-order valence-electron chi connectivity index (χ2n) is 5.03. The van der Waals surface area contributed by atoms with Crippen LogP contribution in [0.3, 0.4) is 0 Å². The average Bonchev–Trinajstić information content (AvgIpc) is 2.53. The molecule has 102 valence electrons. The summed E-state index contributed by atoms with van der Waals surface area (Å²) in [6.45, 7) is 1.58. The average molecular weight is 266 g/mol. The number of carbonyl (C=O) groups is 1. The van der Waals surface area contributed by atoms with Gasteiger partial charge in [-0.1, -0.05) is 42.5 Å². The van der Waals surface area contributed by atoms with Gasteiger partial charge in [-0.25, -0.2) is 0 Å². The highest BCUT2D eigenvalue weighted by Gasteiger charge is 2.19. The van der Waals surface area contributed by atoms with Gasteiger partial charge >= 0.3 is 0 Å². The summed E-state index contributed by atoms with van der Waals surface area (Å²) in [5.74, 6) is -0.0181. The van der Waals surface area contributed by atoms with Crippen LogP contribution in [0.25, 0.3) is 0 Å². The Labute approximate surface area is 119 Å². The molecule has 1 amide bonds. The third-order valence-electron chi connectivity index (χ3n) is 3.72. The molecule has 1 aliphatic rings. The van der Waals surface area contributed by atoms with Crippen LogP contribution in [0.4, 0.5) is 0 Å². The molecule has 1 atom stereocenters. The van der Waals surface area contributed by atoms with Gasteiger partial charge in [-0.15, -0.1) is 0 Å². The summed E-state index contributed by atoms with van der Waals surface area (Å²) >= 11 is 0. The van der Waals surface area contributed by atoms with Crippen LogP contribution >= 0.6 is 0 Å². The number of rotatable bonds is 3. The maximum Gasteiger partial charge on any atom is 0.251 e. The lowest BCUT2D eigenvalue weighted by molar-refractivity contribution is 0.0949. The molecule has 3 rings (SSSR count). The molecule has 0 aliphatic carbocycles. The summed E-state index contributed by atoms with van der Waals surface area (Å²) in [4.78, 5) is 12.1. The van der Waals surface area contributed by atoms with Crippen LogP contribution in [0.15, 0.2) is 54.6 Å². The molecule has 0 saturated carbocycles. The zero-order valence-corrected chi connectivity index (χ0v) is 11.3. The van der Waals surface area contributed by atoms with Gasteiger partial charge < -0.3 is 10.6 Å². The second-order valence-corrected chi connectivity index (χ2v) is 5.03. The quantitative estimate of drug-likeness (QED) is 0.895. The summed E-state index contributed by atoms with van der Waals surface area (Å²) < 4.78 is 0. The summed E-state index contributed by atoms with van der Waals surface area (Å²) in [6, 6.07) is 18.0. The van der Waals surface area contributed by atoms with E-state index in [-0.39, 0.29) is 11.9 Å². The normalized spacial score (nSPS) is 17.3.